The lowest BCUT2D eigenvalue weighted by molar-refractivity contribution is -0.140. The average molecular weight is 376 g/mol. The smallest absolute Gasteiger partial charge is 0.408 e. The first-order valence-corrected chi connectivity index (χ1v) is 9.03. The molecule has 27 heavy (non-hydrogen) atoms. The van der Waals surface area contributed by atoms with E-state index in [1.807, 2.05) is 12.1 Å². The first kappa shape index (κ1) is 20.5. The van der Waals surface area contributed by atoms with Crippen molar-refractivity contribution in [3.05, 3.63) is 29.8 Å². The largest absolute Gasteiger partial charge is 0.444 e. The highest BCUT2D eigenvalue weighted by Gasteiger charge is 2.32. The number of ether oxygens (including phenoxy) is 1. The fourth-order valence-electron chi connectivity index (χ4n) is 2.75. The lowest BCUT2D eigenvalue weighted by Gasteiger charge is -2.32. The molecule has 0 aromatic heterocycles. The number of carbonyl (C=O) groups is 3. The number of rotatable bonds is 5. The molecule has 1 aliphatic rings. The van der Waals surface area contributed by atoms with Crippen LogP contribution in [0.1, 0.15) is 39.2 Å². The lowest BCUT2D eigenvalue weighted by Crippen LogP contribution is -2.54. The second kappa shape index (κ2) is 8.75. The number of hydrogen-bond acceptors (Lipinski definition) is 5. The maximum Gasteiger partial charge on any atom is 0.408 e. The van der Waals surface area contributed by atoms with Gasteiger partial charge in [0.15, 0.2) is 0 Å². The maximum atomic E-state index is 12.5. The van der Waals surface area contributed by atoms with E-state index in [-0.39, 0.29) is 18.4 Å². The molecule has 1 unspecified atom stereocenters. The molecule has 148 valence electrons. The van der Waals surface area contributed by atoms with E-state index in [0.29, 0.717) is 31.6 Å². The van der Waals surface area contributed by atoms with Crippen LogP contribution in [0.3, 0.4) is 0 Å². The van der Waals surface area contributed by atoms with E-state index in [0.717, 1.165) is 5.56 Å². The second-order valence-corrected chi connectivity index (χ2v) is 7.62. The molecule has 0 bridgehead atoms. The number of anilines is 1. The van der Waals surface area contributed by atoms with Crippen LogP contribution < -0.4 is 16.4 Å². The van der Waals surface area contributed by atoms with Crippen LogP contribution in [0.4, 0.5) is 10.5 Å². The van der Waals surface area contributed by atoms with Crippen LogP contribution in [0.5, 0.6) is 0 Å². The minimum absolute atomic E-state index is 0.0414. The molecule has 4 N–H and O–H groups in total. The molecule has 1 aliphatic heterocycles. The van der Waals surface area contributed by atoms with Crippen LogP contribution in [0.2, 0.25) is 0 Å². The lowest BCUT2D eigenvalue weighted by atomic mass is 10.0. The number of benzene rings is 1. The van der Waals surface area contributed by atoms with Crippen LogP contribution in [0, 0.1) is 0 Å². The first-order chi connectivity index (χ1) is 12.6. The Balaban J connectivity index is 1.83. The van der Waals surface area contributed by atoms with Gasteiger partial charge in [-0.3, -0.25) is 9.59 Å². The van der Waals surface area contributed by atoms with Gasteiger partial charge in [0.2, 0.25) is 11.8 Å². The summed E-state index contributed by atoms with van der Waals surface area (Å²) in [5.41, 5.74) is 6.58. The standard InChI is InChI=1S/C19H28N4O4/c1-19(2,3)27-18(26)22-15-5-4-10-23(17(15)25)12-16(24)21-11-13-6-8-14(20)9-7-13/h6-9,15H,4-5,10-12,20H2,1-3H3,(H,21,24)(H,22,26). The number of nitrogens with one attached hydrogen (secondary N) is 2. The molecule has 0 saturated carbocycles. The first-order valence-electron chi connectivity index (χ1n) is 9.03. The Morgan fingerprint density at radius 1 is 1.26 bits per heavy atom. The zero-order valence-electron chi connectivity index (χ0n) is 16.1. The van der Waals surface area contributed by atoms with E-state index in [1.54, 1.807) is 32.9 Å². The molecule has 8 heteroatoms. The Kier molecular flexibility index (Phi) is 6.65. The number of nitrogen functional groups attached to an aromatic ring is 1. The van der Waals surface area contributed by atoms with Gasteiger partial charge in [0.1, 0.15) is 11.6 Å². The van der Waals surface area contributed by atoms with Crippen molar-refractivity contribution in [2.75, 3.05) is 18.8 Å². The van der Waals surface area contributed by atoms with Gasteiger partial charge in [-0.15, -0.1) is 0 Å². The van der Waals surface area contributed by atoms with Crippen molar-refractivity contribution in [3.8, 4) is 0 Å². The summed E-state index contributed by atoms with van der Waals surface area (Å²) in [7, 11) is 0. The monoisotopic (exact) mass is 376 g/mol. The molecule has 1 atom stereocenters. The number of piperidine rings is 1. The van der Waals surface area contributed by atoms with Crippen LogP contribution in [0.15, 0.2) is 24.3 Å². The molecule has 0 spiro atoms. The Hall–Kier alpha value is -2.77. The molecule has 0 aliphatic carbocycles. The van der Waals surface area contributed by atoms with Crippen molar-refractivity contribution in [2.45, 2.75) is 51.8 Å². The molecule has 1 aromatic carbocycles. The predicted molar refractivity (Wildman–Crippen MR) is 102 cm³/mol. The Labute approximate surface area is 159 Å². The van der Waals surface area contributed by atoms with Gasteiger partial charge < -0.3 is 26.0 Å². The number of amides is 3. The zero-order chi connectivity index (χ0) is 20.0. The quantitative estimate of drug-likeness (QED) is 0.672. The average Bonchev–Trinajstić information content (AvgIpc) is 2.56. The Bertz CT molecular complexity index is 682. The minimum Gasteiger partial charge on any atom is -0.444 e. The van der Waals surface area contributed by atoms with Crippen molar-refractivity contribution in [2.24, 2.45) is 0 Å². The number of likely N-dealkylation sites (tertiary alicyclic amines) is 1. The summed E-state index contributed by atoms with van der Waals surface area (Å²) in [6.07, 6.45) is 0.606. The van der Waals surface area contributed by atoms with E-state index in [4.69, 9.17) is 10.5 Å². The Morgan fingerprint density at radius 3 is 2.56 bits per heavy atom. The summed E-state index contributed by atoms with van der Waals surface area (Å²) >= 11 is 0. The molecule has 8 nitrogen and oxygen atoms in total. The molecule has 1 fully saturated rings. The summed E-state index contributed by atoms with van der Waals surface area (Å²) < 4.78 is 5.19. The van der Waals surface area contributed by atoms with Crippen molar-refractivity contribution < 1.29 is 19.1 Å². The normalized spacial score (nSPS) is 17.4. The molecule has 1 aromatic rings. The number of nitrogens with two attached hydrogens (primary N) is 1. The maximum absolute atomic E-state index is 12.5. The van der Waals surface area contributed by atoms with Gasteiger partial charge in [0.25, 0.3) is 0 Å². The number of nitrogens with zero attached hydrogens (tertiary/aromatic N) is 1. The van der Waals surface area contributed by atoms with Crippen molar-refractivity contribution >= 4 is 23.6 Å². The van der Waals surface area contributed by atoms with Gasteiger partial charge in [-0.05, 0) is 51.3 Å². The minimum atomic E-state index is -0.668. The summed E-state index contributed by atoms with van der Waals surface area (Å²) in [6, 6.07) is 6.54. The van der Waals surface area contributed by atoms with Crippen molar-refractivity contribution in [1.82, 2.24) is 15.5 Å². The van der Waals surface area contributed by atoms with E-state index in [9.17, 15) is 14.4 Å². The van der Waals surface area contributed by atoms with Gasteiger partial charge in [0.05, 0.1) is 6.54 Å². The fraction of sp³-hybridized carbons (Fsp3) is 0.526. The van der Waals surface area contributed by atoms with Crippen LogP contribution in [0.25, 0.3) is 0 Å². The van der Waals surface area contributed by atoms with Gasteiger partial charge in [-0.1, -0.05) is 12.1 Å². The van der Waals surface area contributed by atoms with Crippen molar-refractivity contribution in [1.29, 1.82) is 0 Å². The third-order valence-corrected chi connectivity index (χ3v) is 4.03. The topological polar surface area (TPSA) is 114 Å². The SMILES string of the molecule is CC(C)(C)OC(=O)NC1CCCN(CC(=O)NCc2ccc(N)cc2)C1=O. The highest BCUT2D eigenvalue weighted by Crippen LogP contribution is 2.13. The second-order valence-electron chi connectivity index (χ2n) is 7.62. The van der Waals surface area contributed by atoms with E-state index < -0.39 is 17.7 Å². The fourth-order valence-corrected chi connectivity index (χ4v) is 2.75. The Morgan fingerprint density at radius 2 is 1.93 bits per heavy atom. The predicted octanol–water partition coefficient (Wildman–Crippen LogP) is 1.40. The van der Waals surface area contributed by atoms with Gasteiger partial charge >= 0.3 is 6.09 Å². The van der Waals surface area contributed by atoms with E-state index in [2.05, 4.69) is 10.6 Å². The molecule has 3 amide bonds. The molecule has 1 saturated heterocycles. The van der Waals surface area contributed by atoms with E-state index in [1.165, 1.54) is 4.90 Å². The van der Waals surface area contributed by atoms with Gasteiger partial charge in [0, 0.05) is 18.8 Å². The number of hydrogen-bond donors (Lipinski definition) is 3. The third kappa shape index (κ3) is 6.80. The highest BCUT2D eigenvalue weighted by molar-refractivity contribution is 5.90. The molecular formula is C19H28N4O4. The van der Waals surface area contributed by atoms with Gasteiger partial charge in [-0.25, -0.2) is 4.79 Å². The van der Waals surface area contributed by atoms with Gasteiger partial charge in [-0.2, -0.15) is 0 Å². The third-order valence-electron chi connectivity index (χ3n) is 4.03. The molecule has 1 heterocycles. The molecule has 0 radical (unpaired) electrons. The molecule has 2 rings (SSSR count). The molecular weight excluding hydrogens is 348 g/mol. The number of carbonyl (C=O) groups excluding carboxylic acids is 3. The highest BCUT2D eigenvalue weighted by atomic mass is 16.6. The number of alkyl carbamates (subject to hydrolysis) is 1. The summed E-state index contributed by atoms with van der Waals surface area (Å²) in [4.78, 5) is 38.1. The van der Waals surface area contributed by atoms with Crippen LogP contribution >= 0.6 is 0 Å². The summed E-state index contributed by atoms with van der Waals surface area (Å²) in [5, 5.41) is 5.38. The summed E-state index contributed by atoms with van der Waals surface area (Å²) in [6.45, 7) is 6.08. The van der Waals surface area contributed by atoms with Crippen molar-refractivity contribution in [3.63, 3.8) is 0 Å². The van der Waals surface area contributed by atoms with Crippen LogP contribution in [-0.2, 0) is 20.9 Å². The zero-order valence-corrected chi connectivity index (χ0v) is 16.1. The van der Waals surface area contributed by atoms with Crippen LogP contribution in [-0.4, -0.2) is 47.5 Å². The van der Waals surface area contributed by atoms with E-state index >= 15 is 0 Å². The summed E-state index contributed by atoms with van der Waals surface area (Å²) in [5.74, 6) is -0.521.